The predicted octanol–water partition coefficient (Wildman–Crippen LogP) is 5.73. The topological polar surface area (TPSA) is 125 Å². The summed E-state index contributed by atoms with van der Waals surface area (Å²) in [6, 6.07) is 12.7. The van der Waals surface area contributed by atoms with Crippen molar-refractivity contribution in [3.05, 3.63) is 82.3 Å². The fraction of sp³-hybridized carbons (Fsp3) is 0.0833. The van der Waals surface area contributed by atoms with Gasteiger partial charge in [-0.2, -0.15) is 5.10 Å². The Morgan fingerprint density at radius 1 is 1.22 bits per heavy atom. The molecule has 5 aromatic rings. The van der Waals surface area contributed by atoms with Gasteiger partial charge in [-0.1, -0.05) is 23.7 Å². The number of rotatable bonds is 8. The molecule has 0 unspecified atom stereocenters. The van der Waals surface area contributed by atoms with Gasteiger partial charge in [-0.3, -0.25) is 9.59 Å². The number of anilines is 1. The monoisotopic (exact) mass is 543 g/mol. The molecule has 9 nitrogen and oxygen atoms in total. The van der Waals surface area contributed by atoms with Crippen LogP contribution in [0.1, 0.15) is 32.3 Å². The summed E-state index contributed by atoms with van der Waals surface area (Å²) in [6.07, 6.45) is 0.0323. The second-order valence-corrected chi connectivity index (χ2v) is 9.03. The van der Waals surface area contributed by atoms with E-state index in [9.17, 15) is 18.4 Å². The third-order valence-electron chi connectivity index (χ3n) is 5.22. The number of hydrogen-bond acceptors (Lipinski definition) is 7. The first-order valence-electron chi connectivity index (χ1n) is 10.6. The van der Waals surface area contributed by atoms with Gasteiger partial charge in [0.15, 0.2) is 12.4 Å². The van der Waals surface area contributed by atoms with Crippen LogP contribution < -0.4 is 15.8 Å². The SMILES string of the molecule is NC(=O)c1sc2nc(C(F)F)cc(-c3ccco3)c2c1NC(=O)c1ccn(COc2ccccc2Cl)n1. The van der Waals surface area contributed by atoms with Crippen LogP contribution in [0.5, 0.6) is 5.75 Å². The number of nitrogens with one attached hydrogen (secondary N) is 1. The summed E-state index contributed by atoms with van der Waals surface area (Å²) >= 11 is 6.87. The predicted molar refractivity (Wildman–Crippen MR) is 133 cm³/mol. The molecule has 0 saturated carbocycles. The van der Waals surface area contributed by atoms with Gasteiger partial charge in [0.2, 0.25) is 0 Å². The number of thiophene rings is 1. The highest BCUT2D eigenvalue weighted by Crippen LogP contribution is 2.42. The zero-order valence-electron chi connectivity index (χ0n) is 18.7. The van der Waals surface area contributed by atoms with Crippen LogP contribution in [-0.2, 0) is 6.73 Å². The first kappa shape index (κ1) is 24.4. The highest BCUT2D eigenvalue weighted by molar-refractivity contribution is 7.21. The van der Waals surface area contributed by atoms with Crippen molar-refractivity contribution in [1.29, 1.82) is 0 Å². The van der Waals surface area contributed by atoms with Crippen LogP contribution in [-0.4, -0.2) is 26.6 Å². The van der Waals surface area contributed by atoms with Gasteiger partial charge < -0.3 is 20.2 Å². The maximum absolute atomic E-state index is 13.5. The number of hydrogen-bond donors (Lipinski definition) is 2. The number of carbonyl (C=O) groups excluding carboxylic acids is 2. The van der Waals surface area contributed by atoms with Gasteiger partial charge in [0.25, 0.3) is 18.2 Å². The quantitative estimate of drug-likeness (QED) is 0.257. The number of alkyl halides is 2. The molecule has 1 aromatic carbocycles. The van der Waals surface area contributed by atoms with Gasteiger partial charge in [-0.05, 0) is 36.4 Å². The van der Waals surface area contributed by atoms with Crippen LogP contribution in [0.25, 0.3) is 21.5 Å². The molecule has 4 aromatic heterocycles. The van der Waals surface area contributed by atoms with Gasteiger partial charge in [0.1, 0.15) is 26.9 Å². The van der Waals surface area contributed by atoms with E-state index >= 15 is 0 Å². The van der Waals surface area contributed by atoms with Crippen LogP contribution in [0.3, 0.4) is 0 Å². The van der Waals surface area contributed by atoms with Crippen molar-refractivity contribution in [2.45, 2.75) is 13.2 Å². The maximum Gasteiger partial charge on any atom is 0.280 e. The molecule has 0 radical (unpaired) electrons. The molecule has 0 saturated heterocycles. The molecule has 3 N–H and O–H groups in total. The Bertz CT molecular complexity index is 1620. The third-order valence-corrected chi connectivity index (χ3v) is 6.63. The number of benzene rings is 1. The summed E-state index contributed by atoms with van der Waals surface area (Å²) in [6.45, 7) is -0.0199. The fourth-order valence-corrected chi connectivity index (χ4v) is 4.78. The largest absolute Gasteiger partial charge is 0.470 e. The summed E-state index contributed by atoms with van der Waals surface area (Å²) in [5.74, 6) is -0.828. The molecule has 0 aliphatic heterocycles. The fourth-order valence-electron chi connectivity index (χ4n) is 3.58. The highest BCUT2D eigenvalue weighted by Gasteiger charge is 2.26. The molecule has 0 fully saturated rings. The molecule has 5 rings (SSSR count). The van der Waals surface area contributed by atoms with Crippen molar-refractivity contribution < 1.29 is 27.5 Å². The minimum absolute atomic E-state index is 0.00855. The summed E-state index contributed by atoms with van der Waals surface area (Å²) in [4.78, 5) is 29.3. The van der Waals surface area contributed by atoms with Crippen molar-refractivity contribution in [2.24, 2.45) is 5.73 Å². The number of carbonyl (C=O) groups is 2. The van der Waals surface area contributed by atoms with E-state index in [0.717, 1.165) is 17.4 Å². The molecule has 4 heterocycles. The van der Waals surface area contributed by atoms with Gasteiger partial charge in [-0.25, -0.2) is 18.4 Å². The van der Waals surface area contributed by atoms with Crippen LogP contribution in [0.4, 0.5) is 14.5 Å². The Hall–Kier alpha value is -4.29. The lowest BCUT2D eigenvalue weighted by atomic mass is 10.1. The number of halogens is 3. The lowest BCUT2D eigenvalue weighted by molar-refractivity contribution is 0.100. The third kappa shape index (κ3) is 4.88. The van der Waals surface area contributed by atoms with Crippen molar-refractivity contribution >= 4 is 50.7 Å². The van der Waals surface area contributed by atoms with Crippen LogP contribution in [0.2, 0.25) is 5.02 Å². The summed E-state index contributed by atoms with van der Waals surface area (Å²) in [5, 5.41) is 7.50. The Labute approximate surface area is 216 Å². The van der Waals surface area contributed by atoms with Gasteiger partial charge in [0, 0.05) is 17.1 Å². The number of primary amides is 1. The summed E-state index contributed by atoms with van der Waals surface area (Å²) in [5.41, 5.74) is 5.30. The molecule has 2 amide bonds. The minimum Gasteiger partial charge on any atom is -0.470 e. The number of aromatic nitrogens is 3. The zero-order chi connectivity index (χ0) is 26.1. The number of fused-ring (bicyclic) bond motifs is 1. The highest BCUT2D eigenvalue weighted by atomic mass is 35.5. The number of pyridine rings is 1. The Morgan fingerprint density at radius 2 is 2.03 bits per heavy atom. The van der Waals surface area contributed by atoms with E-state index in [1.165, 1.54) is 23.2 Å². The smallest absolute Gasteiger partial charge is 0.280 e. The van der Waals surface area contributed by atoms with Crippen molar-refractivity contribution in [3.8, 4) is 17.1 Å². The molecule has 0 bridgehead atoms. The zero-order valence-corrected chi connectivity index (χ0v) is 20.2. The second-order valence-electron chi connectivity index (χ2n) is 7.62. The first-order chi connectivity index (χ1) is 17.8. The van der Waals surface area contributed by atoms with E-state index in [1.54, 1.807) is 36.4 Å². The molecular formula is C24H16ClF2N5O4S. The van der Waals surface area contributed by atoms with Crippen molar-refractivity contribution in [3.63, 3.8) is 0 Å². The average molecular weight is 544 g/mol. The van der Waals surface area contributed by atoms with Crippen molar-refractivity contribution in [1.82, 2.24) is 14.8 Å². The van der Waals surface area contributed by atoms with Gasteiger partial charge in [0.05, 0.1) is 17.0 Å². The van der Waals surface area contributed by atoms with Crippen LogP contribution in [0, 0.1) is 0 Å². The van der Waals surface area contributed by atoms with Crippen LogP contribution >= 0.6 is 22.9 Å². The standard InChI is InChI=1S/C24H16ClF2N5O4S/c25-13-4-1-2-5-17(13)36-11-32-8-7-14(31-32)23(34)30-19-18-12(16-6-3-9-35-16)10-15(21(26)27)29-24(18)37-20(19)22(28)33/h1-10,21H,11H2,(H2,28,33)(H,30,34). The number of nitrogens with zero attached hydrogens (tertiary/aromatic N) is 3. The molecule has 0 atom stereocenters. The second kappa shape index (κ2) is 9.99. The molecule has 0 aliphatic rings. The maximum atomic E-state index is 13.5. The lowest BCUT2D eigenvalue weighted by Crippen LogP contribution is -2.17. The molecule has 13 heteroatoms. The number of furan rings is 1. The molecular weight excluding hydrogens is 528 g/mol. The van der Waals surface area contributed by atoms with Crippen molar-refractivity contribution in [2.75, 3.05) is 5.32 Å². The van der Waals surface area contributed by atoms with E-state index < -0.39 is 23.9 Å². The Kier molecular flexibility index (Phi) is 6.59. The first-order valence-corrected chi connectivity index (χ1v) is 11.8. The minimum atomic E-state index is -2.87. The van der Waals surface area contributed by atoms with Gasteiger partial charge >= 0.3 is 0 Å². The summed E-state index contributed by atoms with van der Waals surface area (Å²) < 4.78 is 39.5. The van der Waals surface area contributed by atoms with Crippen LogP contribution in [0.15, 0.2) is 65.4 Å². The Morgan fingerprint density at radius 3 is 2.73 bits per heavy atom. The Balaban J connectivity index is 1.48. The lowest BCUT2D eigenvalue weighted by Gasteiger charge is -2.09. The van der Waals surface area contributed by atoms with E-state index in [1.807, 2.05) is 0 Å². The van der Waals surface area contributed by atoms with E-state index in [4.69, 9.17) is 26.5 Å². The molecule has 0 spiro atoms. The van der Waals surface area contributed by atoms with E-state index in [0.29, 0.717) is 10.8 Å². The summed E-state index contributed by atoms with van der Waals surface area (Å²) in [7, 11) is 0. The molecule has 0 aliphatic carbocycles. The molecule has 37 heavy (non-hydrogen) atoms. The average Bonchev–Trinajstić information content (AvgIpc) is 3.63. The number of para-hydroxylation sites is 1. The van der Waals surface area contributed by atoms with Gasteiger partial charge in [-0.15, -0.1) is 11.3 Å². The number of ether oxygens (including phenoxy) is 1. The van der Waals surface area contributed by atoms with E-state index in [2.05, 4.69) is 15.4 Å². The van der Waals surface area contributed by atoms with E-state index in [-0.39, 0.29) is 44.5 Å². The number of nitrogens with two attached hydrogens (primary N) is 1. The number of amides is 2. The molecule has 188 valence electrons. The normalized spacial score (nSPS) is 11.2.